The van der Waals surface area contributed by atoms with Crippen molar-refractivity contribution in [1.82, 2.24) is 5.32 Å². The van der Waals surface area contributed by atoms with E-state index in [1.807, 2.05) is 44.2 Å². The molecule has 0 aliphatic rings. The maximum absolute atomic E-state index is 11.4. The van der Waals surface area contributed by atoms with Gasteiger partial charge < -0.3 is 14.8 Å². The summed E-state index contributed by atoms with van der Waals surface area (Å²) in [5, 5.41) is 2.78. The van der Waals surface area contributed by atoms with Gasteiger partial charge in [-0.2, -0.15) is 0 Å². The Hall–Kier alpha value is -1.55. The van der Waals surface area contributed by atoms with Crippen LogP contribution in [0.1, 0.15) is 20.3 Å². The normalized spacial score (nSPS) is 10.4. The summed E-state index contributed by atoms with van der Waals surface area (Å²) in [6.07, 6.45) is 0.555. The van der Waals surface area contributed by atoms with Crippen molar-refractivity contribution < 1.29 is 14.3 Å². The van der Waals surface area contributed by atoms with Gasteiger partial charge in [-0.05, 0) is 26.0 Å². The van der Waals surface area contributed by atoms with E-state index < -0.39 is 0 Å². The number of rotatable bonds is 8. The van der Waals surface area contributed by atoms with Gasteiger partial charge in [-0.1, -0.05) is 18.2 Å². The first kappa shape index (κ1) is 14.5. The summed E-state index contributed by atoms with van der Waals surface area (Å²) in [5.74, 6) is 0.770. The van der Waals surface area contributed by atoms with E-state index in [-0.39, 0.29) is 12.0 Å². The van der Waals surface area contributed by atoms with Crippen LogP contribution >= 0.6 is 0 Å². The lowest BCUT2D eigenvalue weighted by Crippen LogP contribution is -2.29. The first-order valence-electron chi connectivity index (χ1n) is 6.24. The van der Waals surface area contributed by atoms with E-state index in [2.05, 4.69) is 5.32 Å². The van der Waals surface area contributed by atoms with Crippen LogP contribution in [-0.4, -0.2) is 31.8 Å². The molecule has 4 heteroatoms. The molecule has 0 radical (unpaired) electrons. The smallest absolute Gasteiger partial charge is 0.223 e. The topological polar surface area (TPSA) is 47.6 Å². The average Bonchev–Trinajstić information content (AvgIpc) is 2.36. The third-order valence-corrected chi connectivity index (χ3v) is 2.22. The Morgan fingerprint density at radius 3 is 2.61 bits per heavy atom. The van der Waals surface area contributed by atoms with Crippen LogP contribution in [0.15, 0.2) is 30.3 Å². The molecule has 0 fully saturated rings. The number of ether oxygens (including phenoxy) is 2. The van der Waals surface area contributed by atoms with Gasteiger partial charge in [0.15, 0.2) is 0 Å². The molecule has 0 spiro atoms. The second-order valence-corrected chi connectivity index (χ2v) is 4.18. The predicted molar refractivity (Wildman–Crippen MR) is 70.7 cm³/mol. The van der Waals surface area contributed by atoms with E-state index in [0.29, 0.717) is 26.2 Å². The van der Waals surface area contributed by atoms with Crippen molar-refractivity contribution in [2.75, 3.05) is 19.8 Å². The van der Waals surface area contributed by atoms with E-state index in [4.69, 9.17) is 9.47 Å². The van der Waals surface area contributed by atoms with Gasteiger partial charge in [0.05, 0.1) is 25.7 Å². The molecular weight excluding hydrogens is 230 g/mol. The van der Waals surface area contributed by atoms with Gasteiger partial charge in [0, 0.05) is 6.54 Å². The zero-order chi connectivity index (χ0) is 13.2. The van der Waals surface area contributed by atoms with Crippen LogP contribution in [0.3, 0.4) is 0 Å². The minimum Gasteiger partial charge on any atom is -0.493 e. The number of nitrogens with one attached hydrogen (secondary N) is 1. The van der Waals surface area contributed by atoms with Gasteiger partial charge in [-0.25, -0.2) is 0 Å². The minimum absolute atomic E-state index is 0.0155. The molecule has 0 aromatic heterocycles. The first-order chi connectivity index (χ1) is 8.68. The monoisotopic (exact) mass is 251 g/mol. The van der Waals surface area contributed by atoms with Crippen LogP contribution in [0.5, 0.6) is 5.75 Å². The number of amides is 1. The van der Waals surface area contributed by atoms with Crippen molar-refractivity contribution in [3.05, 3.63) is 30.3 Å². The van der Waals surface area contributed by atoms with Crippen LogP contribution in [0.2, 0.25) is 0 Å². The molecule has 0 aliphatic carbocycles. The van der Waals surface area contributed by atoms with E-state index in [9.17, 15) is 4.79 Å². The summed E-state index contributed by atoms with van der Waals surface area (Å²) in [5.41, 5.74) is 0. The Balaban J connectivity index is 2.03. The van der Waals surface area contributed by atoms with Gasteiger partial charge in [0.2, 0.25) is 5.91 Å². The van der Waals surface area contributed by atoms with Crippen molar-refractivity contribution in [3.63, 3.8) is 0 Å². The molecule has 0 saturated carbocycles. The minimum atomic E-state index is -0.0155. The molecule has 0 atom stereocenters. The predicted octanol–water partition coefficient (Wildman–Crippen LogP) is 2.00. The fourth-order valence-corrected chi connectivity index (χ4v) is 1.35. The lowest BCUT2D eigenvalue weighted by molar-refractivity contribution is -0.121. The summed E-state index contributed by atoms with van der Waals surface area (Å²) in [6, 6.07) is 9.47. The van der Waals surface area contributed by atoms with E-state index in [0.717, 1.165) is 5.75 Å². The van der Waals surface area contributed by atoms with Gasteiger partial charge in [0.25, 0.3) is 0 Å². The molecular formula is C14H21NO3. The second-order valence-electron chi connectivity index (χ2n) is 4.18. The highest BCUT2D eigenvalue weighted by Crippen LogP contribution is 2.08. The molecule has 1 N–H and O–H groups in total. The summed E-state index contributed by atoms with van der Waals surface area (Å²) in [4.78, 5) is 11.4. The van der Waals surface area contributed by atoms with E-state index in [1.54, 1.807) is 0 Å². The number of carbonyl (C=O) groups excluding carboxylic acids is 1. The molecule has 0 aliphatic heterocycles. The lowest BCUT2D eigenvalue weighted by Gasteiger charge is -2.09. The Bertz CT molecular complexity index is 338. The number of benzene rings is 1. The zero-order valence-corrected chi connectivity index (χ0v) is 11.0. The van der Waals surface area contributed by atoms with Gasteiger partial charge in [0.1, 0.15) is 5.75 Å². The third kappa shape index (κ3) is 6.91. The molecule has 1 amide bonds. The molecule has 1 aromatic rings. The maximum Gasteiger partial charge on any atom is 0.223 e. The fraction of sp³-hybridized carbons (Fsp3) is 0.500. The lowest BCUT2D eigenvalue weighted by atomic mass is 10.3. The molecule has 4 nitrogen and oxygen atoms in total. The van der Waals surface area contributed by atoms with Crippen molar-refractivity contribution in [2.24, 2.45) is 0 Å². The Morgan fingerprint density at radius 1 is 1.22 bits per heavy atom. The average molecular weight is 251 g/mol. The Kier molecular flexibility index (Phi) is 6.87. The van der Waals surface area contributed by atoms with Crippen LogP contribution in [-0.2, 0) is 9.53 Å². The fourth-order valence-electron chi connectivity index (χ4n) is 1.35. The second kappa shape index (κ2) is 8.53. The molecule has 1 aromatic carbocycles. The molecule has 0 heterocycles. The van der Waals surface area contributed by atoms with E-state index >= 15 is 0 Å². The van der Waals surface area contributed by atoms with E-state index in [1.165, 1.54) is 0 Å². The molecule has 1 rings (SSSR count). The van der Waals surface area contributed by atoms with Gasteiger partial charge >= 0.3 is 0 Å². The number of carbonyl (C=O) groups is 1. The first-order valence-corrected chi connectivity index (χ1v) is 6.24. The molecule has 18 heavy (non-hydrogen) atoms. The molecule has 0 bridgehead atoms. The van der Waals surface area contributed by atoms with Crippen molar-refractivity contribution in [2.45, 2.75) is 26.4 Å². The zero-order valence-electron chi connectivity index (χ0n) is 11.0. The summed E-state index contributed by atoms with van der Waals surface area (Å²) < 4.78 is 10.7. The number of para-hydroxylation sites is 1. The molecule has 0 saturated heterocycles. The Labute approximate surface area is 108 Å². The Morgan fingerprint density at radius 2 is 1.94 bits per heavy atom. The SMILES string of the molecule is CC(C)OCCNC(=O)CCOc1ccccc1. The quantitative estimate of drug-likeness (QED) is 0.719. The largest absolute Gasteiger partial charge is 0.493 e. The standard InChI is InChI=1S/C14H21NO3/c1-12(2)17-11-9-15-14(16)8-10-18-13-6-4-3-5-7-13/h3-7,12H,8-11H2,1-2H3,(H,15,16). The van der Waals surface area contributed by atoms with Crippen molar-refractivity contribution in [3.8, 4) is 5.75 Å². The third-order valence-electron chi connectivity index (χ3n) is 2.22. The summed E-state index contributed by atoms with van der Waals surface area (Å²) >= 11 is 0. The van der Waals surface area contributed by atoms with Crippen LogP contribution < -0.4 is 10.1 Å². The maximum atomic E-state index is 11.4. The highest BCUT2D eigenvalue weighted by atomic mass is 16.5. The van der Waals surface area contributed by atoms with Crippen molar-refractivity contribution >= 4 is 5.91 Å². The number of hydrogen-bond donors (Lipinski definition) is 1. The van der Waals surface area contributed by atoms with Gasteiger partial charge in [-0.15, -0.1) is 0 Å². The number of hydrogen-bond acceptors (Lipinski definition) is 3. The van der Waals surface area contributed by atoms with Gasteiger partial charge in [-0.3, -0.25) is 4.79 Å². The highest BCUT2D eigenvalue weighted by molar-refractivity contribution is 5.75. The van der Waals surface area contributed by atoms with Crippen molar-refractivity contribution in [1.29, 1.82) is 0 Å². The molecule has 100 valence electrons. The summed E-state index contributed by atoms with van der Waals surface area (Å²) in [6.45, 7) is 5.41. The summed E-state index contributed by atoms with van der Waals surface area (Å²) in [7, 11) is 0. The van der Waals surface area contributed by atoms with Crippen LogP contribution in [0.25, 0.3) is 0 Å². The molecule has 0 unspecified atom stereocenters. The van der Waals surface area contributed by atoms with Crippen LogP contribution in [0.4, 0.5) is 0 Å². The highest BCUT2D eigenvalue weighted by Gasteiger charge is 2.01. The van der Waals surface area contributed by atoms with Crippen LogP contribution in [0, 0.1) is 0 Å².